The maximum Gasteiger partial charge on any atom is 0.329 e. The van der Waals surface area contributed by atoms with Crippen LogP contribution in [0.1, 0.15) is 11.1 Å². The van der Waals surface area contributed by atoms with E-state index in [1.165, 1.54) is 7.11 Å². The van der Waals surface area contributed by atoms with Gasteiger partial charge in [-0.3, -0.25) is 4.79 Å². The molecule has 148 valence electrons. The van der Waals surface area contributed by atoms with E-state index in [4.69, 9.17) is 15.2 Å². The third-order valence-electron chi connectivity index (χ3n) is 3.86. The molecule has 4 N–H and O–H groups in total. The maximum absolute atomic E-state index is 12.3. The number of amides is 3. The Labute approximate surface area is 163 Å². The molecule has 0 radical (unpaired) electrons. The van der Waals surface area contributed by atoms with Gasteiger partial charge in [-0.15, -0.1) is 0 Å². The van der Waals surface area contributed by atoms with Crippen LogP contribution in [0.15, 0.2) is 48.5 Å². The highest BCUT2D eigenvalue weighted by Crippen LogP contribution is 2.25. The van der Waals surface area contributed by atoms with Crippen molar-refractivity contribution < 1.29 is 23.9 Å². The topological polar surface area (TPSA) is 120 Å². The normalized spacial score (nSPS) is 11.2. The summed E-state index contributed by atoms with van der Waals surface area (Å²) in [6.07, 6.45) is 0.190. The molecule has 1 atom stereocenters. The summed E-state index contributed by atoms with van der Waals surface area (Å²) in [5.41, 5.74) is 7.35. The molecule has 0 spiro atoms. The first-order valence-electron chi connectivity index (χ1n) is 8.60. The van der Waals surface area contributed by atoms with Crippen molar-refractivity contribution in [2.45, 2.75) is 19.4 Å². The number of benzene rings is 2. The van der Waals surface area contributed by atoms with Gasteiger partial charge in [-0.25, -0.2) is 9.59 Å². The van der Waals surface area contributed by atoms with Crippen molar-refractivity contribution in [3.63, 3.8) is 0 Å². The van der Waals surface area contributed by atoms with Gasteiger partial charge in [0.2, 0.25) is 0 Å². The minimum atomic E-state index is -0.999. The number of hydrogen-bond donors (Lipinski definition) is 3. The van der Waals surface area contributed by atoms with Crippen LogP contribution in [0.3, 0.4) is 0 Å². The Bertz CT molecular complexity index is 839. The van der Waals surface area contributed by atoms with Crippen LogP contribution in [0.5, 0.6) is 5.75 Å². The van der Waals surface area contributed by atoms with Crippen LogP contribution in [0, 0.1) is 6.92 Å². The molecule has 0 aliphatic heterocycles. The van der Waals surface area contributed by atoms with Crippen LogP contribution in [0.4, 0.5) is 10.5 Å². The fourth-order valence-electron chi connectivity index (χ4n) is 2.56. The van der Waals surface area contributed by atoms with Crippen molar-refractivity contribution in [1.82, 2.24) is 5.32 Å². The Hall–Kier alpha value is -3.55. The van der Waals surface area contributed by atoms with Crippen molar-refractivity contribution >= 4 is 23.6 Å². The number of ether oxygens (including phenoxy) is 2. The third kappa shape index (κ3) is 6.31. The van der Waals surface area contributed by atoms with E-state index in [0.717, 1.165) is 11.1 Å². The molecule has 2 aromatic carbocycles. The van der Waals surface area contributed by atoms with Crippen molar-refractivity contribution in [1.29, 1.82) is 0 Å². The molecule has 0 saturated carbocycles. The molecule has 0 aliphatic rings. The Kier molecular flexibility index (Phi) is 7.38. The van der Waals surface area contributed by atoms with Gasteiger partial charge in [-0.1, -0.05) is 36.4 Å². The van der Waals surface area contributed by atoms with Gasteiger partial charge in [0.15, 0.2) is 6.61 Å². The Morgan fingerprint density at radius 1 is 1.11 bits per heavy atom. The van der Waals surface area contributed by atoms with Gasteiger partial charge >= 0.3 is 12.0 Å². The summed E-state index contributed by atoms with van der Waals surface area (Å²) < 4.78 is 10.2. The van der Waals surface area contributed by atoms with Crippen LogP contribution in [0.25, 0.3) is 0 Å². The molecule has 0 unspecified atom stereocenters. The number of carbonyl (C=O) groups excluding carboxylic acids is 3. The third-order valence-corrected chi connectivity index (χ3v) is 3.86. The summed E-state index contributed by atoms with van der Waals surface area (Å²) in [4.78, 5) is 35.7. The highest BCUT2D eigenvalue weighted by Gasteiger charge is 2.23. The lowest BCUT2D eigenvalue weighted by atomic mass is 10.1. The standard InChI is InChI=1S/C20H23N3O5/c1-13-8-9-17(27-2)15(10-13)22-18(24)12-28-19(25)16(23-20(21)26)11-14-6-4-3-5-7-14/h3-10,16H,11-12H2,1-2H3,(H,22,24)(H3,21,23,26)/t16-/m0/s1. The van der Waals surface area contributed by atoms with Crippen molar-refractivity contribution in [2.24, 2.45) is 5.73 Å². The number of methoxy groups -OCH3 is 1. The first-order chi connectivity index (χ1) is 13.4. The number of rotatable bonds is 8. The summed E-state index contributed by atoms with van der Waals surface area (Å²) in [7, 11) is 1.49. The van der Waals surface area contributed by atoms with Crippen LogP contribution in [0.2, 0.25) is 0 Å². The van der Waals surface area contributed by atoms with Gasteiger partial charge in [0.1, 0.15) is 11.8 Å². The van der Waals surface area contributed by atoms with E-state index in [-0.39, 0.29) is 6.42 Å². The van der Waals surface area contributed by atoms with E-state index in [1.807, 2.05) is 31.2 Å². The molecule has 0 bridgehead atoms. The van der Waals surface area contributed by atoms with Crippen molar-refractivity contribution in [3.05, 3.63) is 59.7 Å². The summed E-state index contributed by atoms with van der Waals surface area (Å²) in [5.74, 6) is -0.800. The number of aryl methyl sites for hydroxylation is 1. The lowest BCUT2D eigenvalue weighted by Gasteiger charge is -2.17. The lowest BCUT2D eigenvalue weighted by Crippen LogP contribution is -2.46. The fourth-order valence-corrected chi connectivity index (χ4v) is 2.56. The maximum atomic E-state index is 12.3. The van der Waals surface area contributed by atoms with E-state index in [1.54, 1.807) is 24.3 Å². The highest BCUT2D eigenvalue weighted by atomic mass is 16.5. The van der Waals surface area contributed by atoms with Crippen LogP contribution >= 0.6 is 0 Å². The summed E-state index contributed by atoms with van der Waals surface area (Å²) in [5, 5.41) is 4.97. The zero-order valence-corrected chi connectivity index (χ0v) is 15.7. The molecule has 0 aliphatic carbocycles. The Morgan fingerprint density at radius 3 is 2.46 bits per heavy atom. The largest absolute Gasteiger partial charge is 0.495 e. The number of carbonyl (C=O) groups is 3. The lowest BCUT2D eigenvalue weighted by molar-refractivity contribution is -0.149. The number of hydrogen-bond acceptors (Lipinski definition) is 5. The molecule has 0 fully saturated rings. The number of urea groups is 1. The van der Waals surface area contributed by atoms with E-state index >= 15 is 0 Å². The van der Waals surface area contributed by atoms with E-state index < -0.39 is 30.6 Å². The Morgan fingerprint density at radius 2 is 1.82 bits per heavy atom. The second-order valence-electron chi connectivity index (χ2n) is 6.11. The SMILES string of the molecule is COc1ccc(C)cc1NC(=O)COC(=O)[C@H](Cc1ccccc1)NC(N)=O. The molecule has 0 aromatic heterocycles. The number of esters is 1. The highest BCUT2D eigenvalue weighted by molar-refractivity contribution is 5.94. The number of anilines is 1. The van der Waals surface area contributed by atoms with Crippen molar-refractivity contribution in [3.8, 4) is 5.75 Å². The molecule has 0 heterocycles. The second-order valence-corrected chi connectivity index (χ2v) is 6.11. The zero-order chi connectivity index (χ0) is 20.5. The molecule has 2 aromatic rings. The molecule has 2 rings (SSSR count). The van der Waals surface area contributed by atoms with Gasteiger partial charge in [0.05, 0.1) is 12.8 Å². The first-order valence-corrected chi connectivity index (χ1v) is 8.60. The summed E-state index contributed by atoms with van der Waals surface area (Å²) in [6, 6.07) is 12.5. The van der Waals surface area contributed by atoms with Crippen molar-refractivity contribution in [2.75, 3.05) is 19.0 Å². The number of primary amides is 1. The van der Waals surface area contributed by atoms with E-state index in [2.05, 4.69) is 10.6 Å². The quantitative estimate of drug-likeness (QED) is 0.598. The minimum Gasteiger partial charge on any atom is -0.495 e. The molecular weight excluding hydrogens is 362 g/mol. The molecule has 28 heavy (non-hydrogen) atoms. The number of nitrogens with one attached hydrogen (secondary N) is 2. The summed E-state index contributed by atoms with van der Waals surface area (Å²) >= 11 is 0. The predicted molar refractivity (Wildman–Crippen MR) is 104 cm³/mol. The average molecular weight is 385 g/mol. The smallest absolute Gasteiger partial charge is 0.329 e. The monoisotopic (exact) mass is 385 g/mol. The number of nitrogens with two attached hydrogens (primary N) is 1. The zero-order valence-electron chi connectivity index (χ0n) is 15.7. The second kappa shape index (κ2) is 9.96. The van der Waals surface area contributed by atoms with Crippen LogP contribution < -0.4 is 21.1 Å². The molecule has 8 heteroatoms. The van der Waals surface area contributed by atoms with Gasteiger partial charge in [-0.05, 0) is 30.2 Å². The molecule has 0 saturated heterocycles. The molecular formula is C20H23N3O5. The predicted octanol–water partition coefficient (Wildman–Crippen LogP) is 1.76. The molecule has 8 nitrogen and oxygen atoms in total. The Balaban J connectivity index is 1.96. The fraction of sp³-hybridized carbons (Fsp3) is 0.250. The average Bonchev–Trinajstić information content (AvgIpc) is 2.66. The van der Waals surface area contributed by atoms with Gasteiger partial charge in [0.25, 0.3) is 5.91 Å². The van der Waals surface area contributed by atoms with Gasteiger partial charge in [-0.2, -0.15) is 0 Å². The van der Waals surface area contributed by atoms with Crippen LogP contribution in [-0.2, 0) is 20.7 Å². The first kappa shape index (κ1) is 20.8. The summed E-state index contributed by atoms with van der Waals surface area (Å²) in [6.45, 7) is 1.36. The molecule has 3 amide bonds. The van der Waals surface area contributed by atoms with Gasteiger partial charge < -0.3 is 25.8 Å². The minimum absolute atomic E-state index is 0.190. The van der Waals surface area contributed by atoms with E-state index in [9.17, 15) is 14.4 Å². The van der Waals surface area contributed by atoms with Gasteiger partial charge in [0, 0.05) is 6.42 Å². The van der Waals surface area contributed by atoms with E-state index in [0.29, 0.717) is 11.4 Å². The van der Waals surface area contributed by atoms with Crippen LogP contribution in [-0.4, -0.2) is 37.7 Å².